The van der Waals surface area contributed by atoms with Gasteiger partial charge in [-0.3, -0.25) is 0 Å². The van der Waals surface area contributed by atoms with Crippen molar-refractivity contribution in [3.05, 3.63) is 34.4 Å². The van der Waals surface area contributed by atoms with Gasteiger partial charge in [0.05, 0.1) is 0 Å². The largest absolute Gasteiger partial charge is 0.396 e. The molecule has 0 saturated heterocycles. The lowest BCUT2D eigenvalue weighted by molar-refractivity contribution is 0.297. The molecular weight excluding hydrogens is 186 g/mol. The molecule has 12 heavy (non-hydrogen) atoms. The van der Waals surface area contributed by atoms with Gasteiger partial charge in [0.25, 0.3) is 0 Å². The maximum atomic E-state index is 13.0. The van der Waals surface area contributed by atoms with Gasteiger partial charge in [0, 0.05) is 6.61 Å². The quantitative estimate of drug-likeness (QED) is 0.712. The Morgan fingerprint density at radius 2 is 2.00 bits per heavy atom. The van der Waals surface area contributed by atoms with Crippen LogP contribution >= 0.6 is 11.6 Å². The van der Waals surface area contributed by atoms with Crippen molar-refractivity contribution >= 4 is 11.6 Å². The normalized spacial score (nSPS) is 10.3. The second kappa shape index (κ2) is 3.83. The van der Waals surface area contributed by atoms with E-state index in [1.165, 1.54) is 6.07 Å². The number of rotatable bonds is 2. The average molecular weight is 193 g/mol. The summed E-state index contributed by atoms with van der Waals surface area (Å²) in [7, 11) is 0. The molecule has 4 heteroatoms. The van der Waals surface area contributed by atoms with Crippen LogP contribution in [0.25, 0.3) is 0 Å². The van der Waals surface area contributed by atoms with Gasteiger partial charge >= 0.3 is 0 Å². The van der Waals surface area contributed by atoms with E-state index >= 15 is 0 Å². The van der Waals surface area contributed by atoms with E-state index in [9.17, 15) is 8.78 Å². The highest BCUT2D eigenvalue weighted by Gasteiger charge is 2.10. The van der Waals surface area contributed by atoms with Gasteiger partial charge in [-0.1, -0.05) is 17.7 Å². The van der Waals surface area contributed by atoms with Crippen LogP contribution in [0.1, 0.15) is 5.56 Å². The predicted molar refractivity (Wildman–Crippen MR) is 42.2 cm³/mol. The smallest absolute Gasteiger partial charge is 0.148 e. The molecule has 66 valence electrons. The number of hydrogen-bond acceptors (Lipinski definition) is 1. The van der Waals surface area contributed by atoms with Crippen LogP contribution in [0.3, 0.4) is 0 Å². The van der Waals surface area contributed by atoms with Gasteiger partial charge in [0.1, 0.15) is 16.7 Å². The van der Waals surface area contributed by atoms with E-state index < -0.39 is 16.7 Å². The van der Waals surface area contributed by atoms with Crippen molar-refractivity contribution in [2.45, 2.75) is 6.42 Å². The topological polar surface area (TPSA) is 20.2 Å². The van der Waals surface area contributed by atoms with Crippen molar-refractivity contribution in [1.29, 1.82) is 0 Å². The van der Waals surface area contributed by atoms with E-state index in [0.29, 0.717) is 0 Å². The molecule has 0 bridgehead atoms. The zero-order valence-electron chi connectivity index (χ0n) is 6.15. The van der Waals surface area contributed by atoms with Gasteiger partial charge in [0.15, 0.2) is 0 Å². The van der Waals surface area contributed by atoms with Gasteiger partial charge in [-0.25, -0.2) is 8.78 Å². The van der Waals surface area contributed by atoms with E-state index in [0.717, 1.165) is 6.07 Å². The summed E-state index contributed by atoms with van der Waals surface area (Å²) in [6, 6.07) is 2.35. The molecule has 0 unspecified atom stereocenters. The van der Waals surface area contributed by atoms with Crippen LogP contribution in [0.2, 0.25) is 5.02 Å². The highest BCUT2D eigenvalue weighted by molar-refractivity contribution is 6.30. The molecule has 0 amide bonds. The van der Waals surface area contributed by atoms with Crippen LogP contribution in [0.15, 0.2) is 12.1 Å². The predicted octanol–water partition coefficient (Wildman–Crippen LogP) is 2.15. The fourth-order valence-corrected chi connectivity index (χ4v) is 1.06. The molecule has 0 fully saturated rings. The summed E-state index contributed by atoms with van der Waals surface area (Å²) >= 11 is 5.29. The summed E-state index contributed by atoms with van der Waals surface area (Å²) in [5.41, 5.74) is 0.226. The van der Waals surface area contributed by atoms with Gasteiger partial charge in [-0.05, 0) is 18.1 Å². The summed E-state index contributed by atoms with van der Waals surface area (Å²) in [4.78, 5) is 0. The Labute approximate surface area is 73.6 Å². The first-order chi connectivity index (χ1) is 5.66. The Kier molecular flexibility index (Phi) is 3.00. The van der Waals surface area contributed by atoms with Gasteiger partial charge in [-0.2, -0.15) is 0 Å². The van der Waals surface area contributed by atoms with Crippen LogP contribution in [0.5, 0.6) is 0 Å². The van der Waals surface area contributed by atoms with E-state index in [2.05, 4.69) is 0 Å². The lowest BCUT2D eigenvalue weighted by Gasteiger charge is -2.02. The Bertz CT molecular complexity index is 289. The molecule has 1 aromatic rings. The van der Waals surface area contributed by atoms with Crippen LogP contribution in [0.4, 0.5) is 8.78 Å². The summed E-state index contributed by atoms with van der Waals surface area (Å²) in [5, 5.41) is 7.99. The molecular formula is C8H7ClF2O. The summed E-state index contributed by atoms with van der Waals surface area (Å²) in [6.45, 7) is -0.182. The number of halogens is 3. The zero-order valence-corrected chi connectivity index (χ0v) is 6.91. The third-order valence-electron chi connectivity index (χ3n) is 1.50. The lowest BCUT2D eigenvalue weighted by Crippen LogP contribution is -1.96. The van der Waals surface area contributed by atoms with Crippen molar-refractivity contribution in [2.75, 3.05) is 6.61 Å². The summed E-state index contributed by atoms with van der Waals surface area (Å²) in [6.07, 6.45) is 0.145. The van der Waals surface area contributed by atoms with Crippen LogP contribution in [0, 0.1) is 11.6 Å². The third-order valence-corrected chi connectivity index (χ3v) is 1.84. The maximum Gasteiger partial charge on any atom is 0.148 e. The Hall–Kier alpha value is -0.670. The van der Waals surface area contributed by atoms with Crippen molar-refractivity contribution in [3.8, 4) is 0 Å². The van der Waals surface area contributed by atoms with E-state index in [1.807, 2.05) is 0 Å². The SMILES string of the molecule is OCCc1ccc(F)c(Cl)c1F. The van der Waals surface area contributed by atoms with E-state index in [4.69, 9.17) is 16.7 Å². The minimum absolute atomic E-state index is 0.145. The second-order valence-corrected chi connectivity index (χ2v) is 2.69. The Morgan fingerprint density at radius 1 is 1.33 bits per heavy atom. The Balaban J connectivity index is 3.08. The van der Waals surface area contributed by atoms with Gasteiger partial charge in [-0.15, -0.1) is 0 Å². The molecule has 0 saturated carbocycles. The van der Waals surface area contributed by atoms with Crippen molar-refractivity contribution in [1.82, 2.24) is 0 Å². The molecule has 0 aliphatic heterocycles. The number of aliphatic hydroxyl groups excluding tert-OH is 1. The van der Waals surface area contributed by atoms with E-state index in [1.54, 1.807) is 0 Å². The number of aliphatic hydroxyl groups is 1. The minimum atomic E-state index is -0.786. The first-order valence-corrected chi connectivity index (χ1v) is 3.78. The van der Waals surface area contributed by atoms with Crippen molar-refractivity contribution in [2.24, 2.45) is 0 Å². The maximum absolute atomic E-state index is 13.0. The number of benzene rings is 1. The van der Waals surface area contributed by atoms with Crippen molar-refractivity contribution in [3.63, 3.8) is 0 Å². The Morgan fingerprint density at radius 3 is 2.58 bits per heavy atom. The van der Waals surface area contributed by atoms with Crippen LogP contribution in [-0.2, 0) is 6.42 Å². The standard InChI is InChI=1S/C8H7ClF2O/c9-7-6(10)2-1-5(3-4-12)8(7)11/h1-2,12H,3-4H2. The van der Waals surface area contributed by atoms with Gasteiger partial charge in [0.2, 0.25) is 0 Å². The molecule has 0 aliphatic rings. The fourth-order valence-electron chi connectivity index (χ4n) is 0.879. The fraction of sp³-hybridized carbons (Fsp3) is 0.250. The number of hydrogen-bond donors (Lipinski definition) is 1. The zero-order chi connectivity index (χ0) is 9.14. The van der Waals surface area contributed by atoms with Crippen LogP contribution < -0.4 is 0 Å². The summed E-state index contributed by atoms with van der Waals surface area (Å²) < 4.78 is 25.5. The molecule has 0 radical (unpaired) electrons. The van der Waals surface area contributed by atoms with Gasteiger partial charge < -0.3 is 5.11 Å². The highest BCUT2D eigenvalue weighted by Crippen LogP contribution is 2.21. The summed E-state index contributed by atoms with van der Waals surface area (Å²) in [5.74, 6) is -1.57. The molecule has 0 spiro atoms. The van der Waals surface area contributed by atoms with Crippen molar-refractivity contribution < 1.29 is 13.9 Å². The average Bonchev–Trinajstić information content (AvgIpc) is 2.07. The van der Waals surface area contributed by atoms with E-state index in [-0.39, 0.29) is 18.6 Å². The molecule has 1 rings (SSSR count). The molecule has 0 aromatic heterocycles. The molecule has 1 nitrogen and oxygen atoms in total. The first-order valence-electron chi connectivity index (χ1n) is 3.40. The third kappa shape index (κ3) is 1.73. The molecule has 0 aliphatic carbocycles. The molecule has 0 heterocycles. The molecule has 0 atom stereocenters. The minimum Gasteiger partial charge on any atom is -0.396 e. The molecule has 1 aromatic carbocycles. The first kappa shape index (κ1) is 9.42. The second-order valence-electron chi connectivity index (χ2n) is 2.31. The lowest BCUT2D eigenvalue weighted by atomic mass is 10.1. The molecule has 1 N–H and O–H groups in total. The van der Waals surface area contributed by atoms with Crippen LogP contribution in [-0.4, -0.2) is 11.7 Å². The highest BCUT2D eigenvalue weighted by atomic mass is 35.5. The monoisotopic (exact) mass is 192 g/mol.